The number of hydrogen-bond donors (Lipinski definition) is 6. The first-order chi connectivity index (χ1) is 19.0. The Morgan fingerprint density at radius 1 is 0.538 bits per heavy atom. The molecule has 9 N–H and O–H groups in total. The Bertz CT molecular complexity index is 592. The zero-order valence-corrected chi connectivity index (χ0v) is 25.6. The molecule has 3 amide bonds. The van der Waals surface area contributed by atoms with E-state index in [1.54, 1.807) is 0 Å². The van der Waals surface area contributed by atoms with E-state index in [9.17, 15) is 14.4 Å². The molecule has 0 aromatic carbocycles. The molecule has 0 spiro atoms. The summed E-state index contributed by atoms with van der Waals surface area (Å²) in [5, 5.41) is 7.23. The standard InChI is InChI=1S/C29H60N6O3S/c1-2-3-4-5-6-7-8-9-10-11-12-13-14-15-16-17-24-39-26(29(38)35-23-20-32)25(27(36)33-21-18-30)28(37)34-22-19-31/h25-26H,2-24,30-32H2,1H3,(H,33,36)(H,34,37)(H,35,38). The molecule has 0 rings (SSSR count). The second kappa shape index (κ2) is 28.2. The van der Waals surface area contributed by atoms with Crippen LogP contribution < -0.4 is 33.2 Å². The zero-order valence-electron chi connectivity index (χ0n) is 24.8. The van der Waals surface area contributed by atoms with Gasteiger partial charge in [0.05, 0.1) is 0 Å². The number of amides is 3. The number of unbranched alkanes of at least 4 members (excludes halogenated alkanes) is 15. The molecule has 1 unspecified atom stereocenters. The van der Waals surface area contributed by atoms with Crippen LogP contribution in [0.3, 0.4) is 0 Å². The van der Waals surface area contributed by atoms with Crippen molar-refractivity contribution >= 4 is 29.5 Å². The van der Waals surface area contributed by atoms with Gasteiger partial charge < -0.3 is 33.2 Å². The Morgan fingerprint density at radius 3 is 1.23 bits per heavy atom. The van der Waals surface area contributed by atoms with Gasteiger partial charge >= 0.3 is 0 Å². The van der Waals surface area contributed by atoms with Crippen molar-refractivity contribution in [2.75, 3.05) is 45.0 Å². The van der Waals surface area contributed by atoms with E-state index in [0.717, 1.165) is 12.8 Å². The molecule has 9 nitrogen and oxygen atoms in total. The quantitative estimate of drug-likeness (QED) is 0.0619. The normalized spacial score (nSPS) is 11.9. The molecule has 0 aliphatic heterocycles. The maximum atomic E-state index is 12.9. The van der Waals surface area contributed by atoms with Crippen LogP contribution >= 0.6 is 11.8 Å². The van der Waals surface area contributed by atoms with Crippen molar-refractivity contribution in [3.8, 4) is 0 Å². The van der Waals surface area contributed by atoms with Gasteiger partial charge in [0, 0.05) is 39.3 Å². The third-order valence-corrected chi connectivity index (χ3v) is 8.12. The second-order valence-corrected chi connectivity index (χ2v) is 11.6. The van der Waals surface area contributed by atoms with Gasteiger partial charge in [-0.25, -0.2) is 0 Å². The molecule has 1 atom stereocenters. The predicted molar refractivity (Wildman–Crippen MR) is 165 cm³/mol. The number of nitrogens with one attached hydrogen (secondary N) is 3. The average molecular weight is 573 g/mol. The smallest absolute Gasteiger partial charge is 0.234 e. The van der Waals surface area contributed by atoms with Crippen LogP contribution in [0.2, 0.25) is 0 Å². The van der Waals surface area contributed by atoms with E-state index in [4.69, 9.17) is 17.2 Å². The summed E-state index contributed by atoms with van der Waals surface area (Å²) >= 11 is 1.36. The van der Waals surface area contributed by atoms with Crippen LogP contribution in [0.4, 0.5) is 0 Å². The fourth-order valence-corrected chi connectivity index (χ4v) is 5.78. The van der Waals surface area contributed by atoms with Gasteiger partial charge in [-0.2, -0.15) is 0 Å². The first-order valence-corrected chi connectivity index (χ1v) is 16.6. The summed E-state index contributed by atoms with van der Waals surface area (Å²) in [5.41, 5.74) is 16.6. The molecular weight excluding hydrogens is 512 g/mol. The summed E-state index contributed by atoms with van der Waals surface area (Å²) in [5.74, 6) is -1.81. The third kappa shape index (κ3) is 21.1. The molecule has 0 heterocycles. The van der Waals surface area contributed by atoms with Crippen LogP contribution in [-0.2, 0) is 14.4 Å². The van der Waals surface area contributed by atoms with Crippen molar-refractivity contribution in [2.45, 2.75) is 115 Å². The highest BCUT2D eigenvalue weighted by atomic mass is 32.2. The number of hydrogen-bond acceptors (Lipinski definition) is 7. The molecule has 39 heavy (non-hydrogen) atoms. The van der Waals surface area contributed by atoms with Crippen molar-refractivity contribution < 1.29 is 14.4 Å². The molecular formula is C29H60N6O3S. The molecule has 10 heteroatoms. The lowest BCUT2D eigenvalue weighted by Crippen LogP contribution is -2.52. The maximum absolute atomic E-state index is 12.9. The summed E-state index contributed by atoms with van der Waals surface area (Å²) in [7, 11) is 0. The topological polar surface area (TPSA) is 165 Å². The van der Waals surface area contributed by atoms with Gasteiger partial charge in [0.1, 0.15) is 11.2 Å². The highest BCUT2D eigenvalue weighted by Crippen LogP contribution is 2.24. The van der Waals surface area contributed by atoms with Gasteiger partial charge in [0.15, 0.2) is 0 Å². The fraction of sp³-hybridized carbons (Fsp3) is 0.897. The average Bonchev–Trinajstić information content (AvgIpc) is 2.94. The number of carbonyl (C=O) groups is 3. The SMILES string of the molecule is CCCCCCCCCCCCCCCCCCSC(C(=O)NCCN)C(C(=O)NCCN)C(=O)NCCN. The number of rotatable bonds is 28. The minimum Gasteiger partial charge on any atom is -0.354 e. The Kier molecular flexibility index (Phi) is 27.2. The van der Waals surface area contributed by atoms with Crippen LogP contribution in [0.15, 0.2) is 0 Å². The van der Waals surface area contributed by atoms with E-state index in [1.807, 2.05) is 0 Å². The Hall–Kier alpha value is -1.36. The van der Waals surface area contributed by atoms with E-state index in [2.05, 4.69) is 22.9 Å². The van der Waals surface area contributed by atoms with Gasteiger partial charge in [0.2, 0.25) is 17.7 Å². The molecule has 0 saturated heterocycles. The summed E-state index contributed by atoms with van der Waals surface area (Å²) < 4.78 is 0. The molecule has 0 aromatic rings. The lowest BCUT2D eigenvalue weighted by atomic mass is 10.0. The monoisotopic (exact) mass is 572 g/mol. The molecule has 0 aromatic heterocycles. The molecule has 0 aliphatic rings. The van der Waals surface area contributed by atoms with Crippen molar-refractivity contribution in [3.05, 3.63) is 0 Å². The summed E-state index contributed by atoms with van der Waals surface area (Å²) in [6.45, 7) is 3.81. The number of carbonyl (C=O) groups excluding carboxylic acids is 3. The van der Waals surface area contributed by atoms with Crippen molar-refractivity contribution in [2.24, 2.45) is 23.1 Å². The molecule has 0 saturated carbocycles. The molecule has 230 valence electrons. The second-order valence-electron chi connectivity index (χ2n) is 10.3. The minimum atomic E-state index is -1.16. The molecule has 0 fully saturated rings. The number of nitrogens with two attached hydrogens (primary N) is 3. The van der Waals surface area contributed by atoms with Crippen LogP contribution in [-0.4, -0.2) is 68.0 Å². The van der Waals surface area contributed by atoms with Crippen LogP contribution in [0.25, 0.3) is 0 Å². The number of thioether (sulfide) groups is 1. The van der Waals surface area contributed by atoms with E-state index >= 15 is 0 Å². The lowest BCUT2D eigenvalue weighted by Gasteiger charge is -2.25. The largest absolute Gasteiger partial charge is 0.354 e. The van der Waals surface area contributed by atoms with Crippen molar-refractivity contribution in [3.63, 3.8) is 0 Å². The van der Waals surface area contributed by atoms with E-state index in [-0.39, 0.29) is 45.2 Å². The molecule has 0 aliphatic carbocycles. The van der Waals surface area contributed by atoms with Crippen LogP contribution in [0.1, 0.15) is 110 Å². The van der Waals surface area contributed by atoms with E-state index < -0.39 is 23.0 Å². The highest BCUT2D eigenvalue weighted by Gasteiger charge is 2.39. The van der Waals surface area contributed by atoms with Crippen LogP contribution in [0.5, 0.6) is 0 Å². The Balaban J connectivity index is 4.34. The zero-order chi connectivity index (χ0) is 29.0. The Morgan fingerprint density at radius 2 is 0.872 bits per heavy atom. The summed E-state index contributed by atoms with van der Waals surface area (Å²) in [4.78, 5) is 38.6. The Labute approximate surface area is 242 Å². The molecule has 0 bridgehead atoms. The van der Waals surface area contributed by atoms with Crippen LogP contribution in [0, 0.1) is 5.92 Å². The van der Waals surface area contributed by atoms with Gasteiger partial charge in [-0.3, -0.25) is 14.4 Å². The fourth-order valence-electron chi connectivity index (χ4n) is 4.48. The lowest BCUT2D eigenvalue weighted by molar-refractivity contribution is -0.138. The first kappa shape index (κ1) is 37.6. The first-order valence-electron chi connectivity index (χ1n) is 15.6. The maximum Gasteiger partial charge on any atom is 0.234 e. The summed E-state index contributed by atoms with van der Waals surface area (Å²) in [6.07, 6.45) is 20.8. The van der Waals surface area contributed by atoms with Gasteiger partial charge in [0.25, 0.3) is 0 Å². The van der Waals surface area contributed by atoms with Gasteiger partial charge in [-0.1, -0.05) is 103 Å². The molecule has 0 radical (unpaired) electrons. The van der Waals surface area contributed by atoms with E-state index in [0.29, 0.717) is 5.75 Å². The summed E-state index contributed by atoms with van der Waals surface area (Å²) in [6, 6.07) is 0. The predicted octanol–water partition coefficient (Wildman–Crippen LogP) is 3.19. The van der Waals surface area contributed by atoms with Gasteiger partial charge in [-0.05, 0) is 12.2 Å². The van der Waals surface area contributed by atoms with E-state index in [1.165, 1.54) is 102 Å². The highest BCUT2D eigenvalue weighted by molar-refractivity contribution is 8.00. The third-order valence-electron chi connectivity index (χ3n) is 6.75. The van der Waals surface area contributed by atoms with Crippen molar-refractivity contribution in [1.29, 1.82) is 0 Å². The van der Waals surface area contributed by atoms with Crippen molar-refractivity contribution in [1.82, 2.24) is 16.0 Å². The minimum absolute atomic E-state index is 0.237. The van der Waals surface area contributed by atoms with Gasteiger partial charge in [-0.15, -0.1) is 11.8 Å².